The van der Waals surface area contributed by atoms with Gasteiger partial charge in [0.2, 0.25) is 7.42 Å². The van der Waals surface area contributed by atoms with E-state index in [0.717, 1.165) is 39.3 Å². The van der Waals surface area contributed by atoms with E-state index >= 15 is 0 Å². The summed E-state index contributed by atoms with van der Waals surface area (Å²) in [6.07, 6.45) is 5.18. The molecule has 188 valence electrons. The van der Waals surface area contributed by atoms with E-state index in [1.807, 2.05) is 0 Å². The first kappa shape index (κ1) is 32.2. The van der Waals surface area contributed by atoms with Gasteiger partial charge in [0.1, 0.15) is 16.5 Å². The zero-order valence-electron chi connectivity index (χ0n) is 23.4. The Morgan fingerprint density at radius 3 is 1.16 bits per heavy atom. The van der Waals surface area contributed by atoms with Gasteiger partial charge in [0.25, 0.3) is 0 Å². The monoisotopic (exact) mass is 525 g/mol. The Balaban J connectivity index is 7.32. The normalized spacial score (nSPS) is 15.2. The topological polar surface area (TPSA) is 3.24 Å². The average molecular weight is 527 g/mol. The first-order valence-corrected chi connectivity index (χ1v) is 21.9. The van der Waals surface area contributed by atoms with Crippen LogP contribution in [0.2, 0.25) is 39.3 Å². The molecule has 0 aromatic carbocycles. The quantitative estimate of drug-likeness (QED) is 0.116. The van der Waals surface area contributed by atoms with Crippen LogP contribution in [-0.4, -0.2) is 34.2 Å². The van der Waals surface area contributed by atoms with E-state index in [-0.39, 0.29) is 0 Å². The van der Waals surface area contributed by atoms with E-state index in [2.05, 4.69) is 94.2 Å². The minimum absolute atomic E-state index is 0.566. The lowest BCUT2D eigenvalue weighted by atomic mass is 10.1. The van der Waals surface area contributed by atoms with Gasteiger partial charge < -0.3 is 4.23 Å². The molecular formula is C25H57Cl2NSi3. The van der Waals surface area contributed by atoms with Gasteiger partial charge in [0.05, 0.1) is 0 Å². The molecule has 0 rings (SSSR count). The molecule has 0 radical (unpaired) electrons. The second kappa shape index (κ2) is 13.9. The van der Waals surface area contributed by atoms with Gasteiger partial charge in [-0.25, -0.2) is 0 Å². The highest BCUT2D eigenvalue weighted by molar-refractivity contribution is 7.33. The van der Waals surface area contributed by atoms with Crippen molar-refractivity contribution >= 4 is 46.0 Å². The maximum Gasteiger partial charge on any atom is 0.238 e. The molecular weight excluding hydrogens is 469 g/mol. The summed E-state index contributed by atoms with van der Waals surface area (Å²) in [6, 6.07) is 1.62. The van der Waals surface area contributed by atoms with Crippen molar-refractivity contribution in [2.75, 3.05) is 0 Å². The number of nitrogens with zero attached hydrogens (tertiary/aromatic N) is 1. The fourth-order valence-corrected chi connectivity index (χ4v) is 30.7. The van der Waals surface area contributed by atoms with Crippen LogP contribution >= 0.6 is 22.2 Å². The Morgan fingerprint density at radius 2 is 0.935 bits per heavy atom. The number of rotatable bonds is 15. The van der Waals surface area contributed by atoms with Crippen molar-refractivity contribution in [3.8, 4) is 0 Å². The third-order valence-corrected chi connectivity index (χ3v) is 26.1. The van der Waals surface area contributed by atoms with E-state index in [1.54, 1.807) is 0 Å². The summed E-state index contributed by atoms with van der Waals surface area (Å²) in [5, 5.41) is 0. The first-order chi connectivity index (χ1) is 14.2. The van der Waals surface area contributed by atoms with E-state index in [0.29, 0.717) is 6.04 Å². The maximum absolute atomic E-state index is 6.72. The molecule has 1 unspecified atom stereocenters. The molecule has 0 aliphatic carbocycles. The molecule has 0 saturated heterocycles. The van der Waals surface area contributed by atoms with Gasteiger partial charge in [-0.3, -0.25) is 0 Å². The van der Waals surface area contributed by atoms with E-state index in [9.17, 15) is 0 Å². The predicted octanol–water partition coefficient (Wildman–Crippen LogP) is 10.3. The van der Waals surface area contributed by atoms with Gasteiger partial charge in [-0.05, 0) is 51.8 Å². The molecule has 0 spiro atoms. The molecule has 0 amide bonds. The maximum atomic E-state index is 6.72. The highest BCUT2D eigenvalue weighted by Gasteiger charge is 2.61. The van der Waals surface area contributed by atoms with Crippen molar-refractivity contribution in [3.63, 3.8) is 0 Å². The fourth-order valence-electron chi connectivity index (χ4n) is 7.82. The summed E-state index contributed by atoms with van der Waals surface area (Å²) >= 11 is 13.4. The largest absolute Gasteiger partial charge is 0.341 e. The third kappa shape index (κ3) is 6.87. The minimum Gasteiger partial charge on any atom is -0.341 e. The second-order valence-corrected chi connectivity index (χ2v) is 28.8. The second-order valence-electron chi connectivity index (χ2n) is 11.8. The minimum atomic E-state index is -1.87. The van der Waals surface area contributed by atoms with Gasteiger partial charge in [0.15, 0.2) is 0 Å². The Hall–Kier alpha value is 1.19. The fraction of sp³-hybridized carbons (Fsp3) is 1.00. The van der Waals surface area contributed by atoms with Crippen LogP contribution < -0.4 is 0 Å². The standard InChI is InChI=1S/C25H57Cl2NSi3/c1-14-15-16-17-25(18-29(26)27)28(30(19(2)3,20(4)5)21(6)7)31(22(8)9,23(10)11)24(12)13/h19-25,29H,14-18H2,1-13H3. The number of hydrogen-bond donors (Lipinski definition) is 0. The molecule has 1 nitrogen and oxygen atoms in total. The average Bonchev–Trinajstić information content (AvgIpc) is 2.58. The van der Waals surface area contributed by atoms with Gasteiger partial charge in [-0.1, -0.05) is 109 Å². The molecule has 0 aromatic heterocycles. The smallest absolute Gasteiger partial charge is 0.238 e. The lowest BCUT2D eigenvalue weighted by molar-refractivity contribution is 0.377. The Bertz CT molecular complexity index is 418. The summed E-state index contributed by atoms with van der Waals surface area (Å²) in [5.41, 5.74) is 4.31. The van der Waals surface area contributed by atoms with Crippen LogP contribution in [-0.2, 0) is 0 Å². The van der Waals surface area contributed by atoms with Gasteiger partial charge in [0, 0.05) is 0 Å². The summed E-state index contributed by atoms with van der Waals surface area (Å²) in [5.74, 6) is 0. The van der Waals surface area contributed by atoms with Crippen molar-refractivity contribution < 1.29 is 0 Å². The zero-order chi connectivity index (χ0) is 24.7. The Morgan fingerprint density at radius 1 is 0.613 bits per heavy atom. The van der Waals surface area contributed by atoms with Crippen LogP contribution in [0.25, 0.3) is 0 Å². The van der Waals surface area contributed by atoms with E-state index in [1.165, 1.54) is 25.7 Å². The van der Waals surface area contributed by atoms with Crippen LogP contribution in [0.15, 0.2) is 0 Å². The lowest BCUT2D eigenvalue weighted by Gasteiger charge is -2.65. The molecule has 0 fully saturated rings. The number of unbranched alkanes of at least 4 members (excludes halogenated alkanes) is 2. The van der Waals surface area contributed by atoms with Gasteiger partial charge in [-0.2, -0.15) is 22.2 Å². The lowest BCUT2D eigenvalue weighted by Crippen LogP contribution is -2.76. The van der Waals surface area contributed by atoms with Crippen LogP contribution in [0, 0.1) is 0 Å². The SMILES string of the molecule is CCCCCC(C[SiH](Cl)Cl)N([Si](C(C)C)(C(C)C)C(C)C)[Si](C(C)C)(C(C)C)C(C)C. The highest BCUT2D eigenvalue weighted by Crippen LogP contribution is 2.55. The van der Waals surface area contributed by atoms with Crippen LogP contribution in [0.3, 0.4) is 0 Å². The van der Waals surface area contributed by atoms with Crippen LogP contribution in [0.5, 0.6) is 0 Å². The highest BCUT2D eigenvalue weighted by atomic mass is 35.7. The number of halogens is 2. The first-order valence-electron chi connectivity index (χ1n) is 13.2. The predicted molar refractivity (Wildman–Crippen MR) is 156 cm³/mol. The van der Waals surface area contributed by atoms with Crippen LogP contribution in [0.4, 0.5) is 0 Å². The number of hydrogen-bond acceptors (Lipinski definition) is 1. The molecule has 0 heterocycles. The zero-order valence-corrected chi connectivity index (χ0v) is 28.0. The molecule has 0 aliphatic heterocycles. The van der Waals surface area contributed by atoms with Crippen molar-refractivity contribution in [1.82, 2.24) is 4.23 Å². The van der Waals surface area contributed by atoms with Crippen molar-refractivity contribution in [1.29, 1.82) is 0 Å². The van der Waals surface area contributed by atoms with E-state index in [4.69, 9.17) is 22.2 Å². The molecule has 0 saturated carbocycles. The Labute approximate surface area is 210 Å². The van der Waals surface area contributed by atoms with Gasteiger partial charge in [-0.15, -0.1) is 0 Å². The Kier molecular flexibility index (Phi) is 14.5. The van der Waals surface area contributed by atoms with Crippen molar-refractivity contribution in [3.05, 3.63) is 0 Å². The molecule has 0 bridgehead atoms. The summed E-state index contributed by atoms with van der Waals surface area (Å²) in [6.45, 7) is 32.8. The summed E-state index contributed by atoms with van der Waals surface area (Å²) in [4.78, 5) is 0. The van der Waals surface area contributed by atoms with Crippen LogP contribution in [0.1, 0.15) is 116 Å². The van der Waals surface area contributed by atoms with Gasteiger partial charge >= 0.3 is 0 Å². The summed E-state index contributed by atoms with van der Waals surface area (Å²) < 4.78 is 3.35. The molecule has 6 heteroatoms. The summed E-state index contributed by atoms with van der Waals surface area (Å²) in [7, 11) is -5.46. The van der Waals surface area contributed by atoms with Crippen molar-refractivity contribution in [2.24, 2.45) is 0 Å². The molecule has 0 aromatic rings. The molecule has 1 atom stereocenters. The van der Waals surface area contributed by atoms with Crippen molar-refractivity contribution in [2.45, 2.75) is 161 Å². The molecule has 31 heavy (non-hydrogen) atoms. The third-order valence-electron chi connectivity index (χ3n) is 8.34. The molecule has 0 aliphatic rings. The molecule has 0 N–H and O–H groups in total. The van der Waals surface area contributed by atoms with E-state index < -0.39 is 23.9 Å².